The molecule has 6 aromatic rings. The highest BCUT2D eigenvalue weighted by Crippen LogP contribution is 2.44. The zero-order chi connectivity index (χ0) is 20.8. The Morgan fingerprint density at radius 3 is 1.58 bits per heavy atom. The van der Waals surface area contributed by atoms with E-state index in [1.807, 2.05) is 12.1 Å². The maximum atomic E-state index is 6.17. The predicted octanol–water partition coefficient (Wildman–Crippen LogP) is 7.27. The van der Waals surface area contributed by atoms with E-state index in [2.05, 4.69) is 103 Å². The topological polar surface area (TPSA) is 0 Å². The van der Waals surface area contributed by atoms with Crippen molar-refractivity contribution >= 4 is 45.6 Å². The first-order valence-electron chi connectivity index (χ1n) is 10.6. The number of hydrogen-bond donors (Lipinski definition) is 0. The molecule has 0 saturated carbocycles. The highest BCUT2D eigenvalue weighted by molar-refractivity contribution is 6.33. The zero-order valence-electron chi connectivity index (χ0n) is 17.0. The summed E-state index contributed by atoms with van der Waals surface area (Å²) in [5.41, 5.74) is 5.73. The van der Waals surface area contributed by atoms with Crippen LogP contribution in [0.3, 0.4) is 0 Å². The normalized spacial score (nSPS) is 11.4. The van der Waals surface area contributed by atoms with Crippen LogP contribution in [0.25, 0.3) is 54.6 Å². The summed E-state index contributed by atoms with van der Waals surface area (Å²) >= 11 is 0. The molecule has 0 nitrogen and oxygen atoms in total. The monoisotopic (exact) mass is 390 g/mol. The summed E-state index contributed by atoms with van der Waals surface area (Å²) in [7, 11) is 6.17. The summed E-state index contributed by atoms with van der Waals surface area (Å²) in [4.78, 5) is 0. The maximum absolute atomic E-state index is 6.17. The number of rotatable bonds is 2. The van der Waals surface area contributed by atoms with Crippen LogP contribution >= 0.6 is 0 Å². The average Bonchev–Trinajstić information content (AvgIpc) is 2.82. The molecule has 0 heterocycles. The van der Waals surface area contributed by atoms with Crippen molar-refractivity contribution in [1.29, 1.82) is 0 Å². The van der Waals surface area contributed by atoms with Crippen LogP contribution in [0.1, 0.15) is 0 Å². The van der Waals surface area contributed by atoms with Gasteiger partial charge in [0.15, 0.2) is 0 Å². The summed E-state index contributed by atoms with van der Waals surface area (Å²) in [6, 6.07) is 40.9. The van der Waals surface area contributed by atoms with Gasteiger partial charge in [-0.3, -0.25) is 0 Å². The molecule has 0 spiro atoms. The van der Waals surface area contributed by atoms with Crippen LogP contribution in [0.5, 0.6) is 0 Å². The van der Waals surface area contributed by atoms with E-state index in [0.717, 1.165) is 11.0 Å². The second-order valence-corrected chi connectivity index (χ2v) is 7.99. The minimum absolute atomic E-state index is 0.781. The van der Waals surface area contributed by atoms with Gasteiger partial charge in [0.2, 0.25) is 0 Å². The van der Waals surface area contributed by atoms with E-state index in [1.54, 1.807) is 0 Å². The molecule has 142 valence electrons. The Morgan fingerprint density at radius 2 is 0.935 bits per heavy atom. The first kappa shape index (κ1) is 18.0. The summed E-state index contributed by atoms with van der Waals surface area (Å²) in [6.07, 6.45) is 0. The van der Waals surface area contributed by atoms with E-state index < -0.39 is 0 Å². The number of benzene rings is 6. The Bertz CT molecular complexity index is 1530. The summed E-state index contributed by atoms with van der Waals surface area (Å²) in [6.45, 7) is 0. The van der Waals surface area contributed by atoms with Crippen LogP contribution in [-0.4, -0.2) is 7.85 Å². The quantitative estimate of drug-likeness (QED) is 0.215. The fourth-order valence-corrected chi connectivity index (χ4v) is 4.87. The summed E-state index contributed by atoms with van der Waals surface area (Å²) < 4.78 is 0. The molecule has 0 atom stereocenters. The van der Waals surface area contributed by atoms with Gasteiger partial charge in [0, 0.05) is 0 Å². The molecule has 0 saturated heterocycles. The van der Waals surface area contributed by atoms with E-state index in [0.29, 0.717) is 0 Å². The van der Waals surface area contributed by atoms with Crippen molar-refractivity contribution in [2.75, 3.05) is 0 Å². The molecule has 0 unspecified atom stereocenters. The smallest absolute Gasteiger partial charge is 0.0961 e. The average molecular weight is 390 g/mol. The van der Waals surface area contributed by atoms with E-state index in [9.17, 15) is 0 Å². The van der Waals surface area contributed by atoms with Crippen LogP contribution in [-0.2, 0) is 0 Å². The van der Waals surface area contributed by atoms with Gasteiger partial charge in [-0.15, -0.1) is 0 Å². The molecule has 6 rings (SSSR count). The minimum atomic E-state index is 0.781. The van der Waals surface area contributed by atoms with Crippen molar-refractivity contribution in [1.82, 2.24) is 0 Å². The van der Waals surface area contributed by atoms with Crippen molar-refractivity contribution in [3.8, 4) is 22.3 Å². The van der Waals surface area contributed by atoms with Crippen molar-refractivity contribution in [2.24, 2.45) is 0 Å². The summed E-state index contributed by atoms with van der Waals surface area (Å²) in [5.74, 6) is 0. The number of fused-ring (bicyclic) bond motifs is 3. The van der Waals surface area contributed by atoms with Gasteiger partial charge >= 0.3 is 0 Å². The van der Waals surface area contributed by atoms with Gasteiger partial charge in [0.1, 0.15) is 7.85 Å². The van der Waals surface area contributed by atoms with Gasteiger partial charge < -0.3 is 0 Å². The van der Waals surface area contributed by atoms with Crippen molar-refractivity contribution < 1.29 is 0 Å². The van der Waals surface area contributed by atoms with Gasteiger partial charge in [-0.25, -0.2) is 0 Å². The second-order valence-electron chi connectivity index (χ2n) is 7.99. The third kappa shape index (κ3) is 2.85. The first-order chi connectivity index (χ1) is 15.3. The molecular weight excluding hydrogens is 371 g/mol. The van der Waals surface area contributed by atoms with Crippen LogP contribution in [0, 0.1) is 0 Å². The minimum Gasteiger partial charge on any atom is -0.0961 e. The van der Waals surface area contributed by atoms with E-state index in [1.165, 1.54) is 49.0 Å². The molecule has 0 amide bonds. The van der Waals surface area contributed by atoms with Crippen molar-refractivity contribution in [3.05, 3.63) is 115 Å². The standard InChI is InChI=1S/C30H19B/c31-22-12-7-11-21(19-22)29-25-14-3-5-16-27(25)30(28-17-6-4-15-26(28)29)24-18-8-10-20-9-1-2-13-23(20)24/h1-19H. The molecule has 6 aromatic carbocycles. The largest absolute Gasteiger partial charge is 0.113 e. The fourth-order valence-electron chi connectivity index (χ4n) is 4.87. The summed E-state index contributed by atoms with van der Waals surface area (Å²) in [5, 5.41) is 7.54. The van der Waals surface area contributed by atoms with Crippen LogP contribution in [0.4, 0.5) is 0 Å². The molecule has 0 aliphatic rings. The Labute approximate surface area is 183 Å². The lowest BCUT2D eigenvalue weighted by atomic mass is 9.83. The lowest BCUT2D eigenvalue weighted by Crippen LogP contribution is -2.01. The third-order valence-corrected chi connectivity index (χ3v) is 6.17. The third-order valence-electron chi connectivity index (χ3n) is 6.17. The van der Waals surface area contributed by atoms with Crippen LogP contribution in [0.2, 0.25) is 0 Å². The first-order valence-corrected chi connectivity index (χ1v) is 10.6. The zero-order valence-corrected chi connectivity index (χ0v) is 17.0. The van der Waals surface area contributed by atoms with Gasteiger partial charge in [-0.2, -0.15) is 0 Å². The second kappa shape index (κ2) is 7.14. The number of hydrogen-bond acceptors (Lipinski definition) is 0. The van der Waals surface area contributed by atoms with Crippen LogP contribution in [0.15, 0.2) is 115 Å². The SMILES string of the molecule is [B]c1cccc(-c2c3ccccc3c(-c3cccc4ccccc34)c3ccccc23)c1. The van der Waals surface area contributed by atoms with Crippen molar-refractivity contribution in [3.63, 3.8) is 0 Å². The molecule has 0 aliphatic heterocycles. The fraction of sp³-hybridized carbons (Fsp3) is 0. The highest BCUT2D eigenvalue weighted by Gasteiger charge is 2.17. The Morgan fingerprint density at radius 1 is 0.419 bits per heavy atom. The molecule has 1 heteroatoms. The van der Waals surface area contributed by atoms with Gasteiger partial charge in [-0.1, -0.05) is 121 Å². The van der Waals surface area contributed by atoms with Gasteiger partial charge in [0.25, 0.3) is 0 Å². The molecule has 0 fully saturated rings. The molecule has 0 aromatic heterocycles. The molecule has 0 bridgehead atoms. The molecule has 2 radical (unpaired) electrons. The van der Waals surface area contributed by atoms with Crippen molar-refractivity contribution in [2.45, 2.75) is 0 Å². The Kier molecular flexibility index (Phi) is 4.14. The van der Waals surface area contributed by atoms with E-state index >= 15 is 0 Å². The van der Waals surface area contributed by atoms with E-state index in [4.69, 9.17) is 7.85 Å². The van der Waals surface area contributed by atoms with Crippen LogP contribution < -0.4 is 5.46 Å². The molecular formula is C30H19B. The predicted molar refractivity (Wildman–Crippen MR) is 135 cm³/mol. The van der Waals surface area contributed by atoms with Gasteiger partial charge in [0.05, 0.1) is 0 Å². The van der Waals surface area contributed by atoms with E-state index in [-0.39, 0.29) is 0 Å². The molecule has 0 aliphatic carbocycles. The highest BCUT2D eigenvalue weighted by atomic mass is 14.2. The Balaban J connectivity index is 1.84. The van der Waals surface area contributed by atoms with Gasteiger partial charge in [-0.05, 0) is 54.6 Å². The molecule has 0 N–H and O–H groups in total. The lowest BCUT2D eigenvalue weighted by Gasteiger charge is -2.19. The lowest BCUT2D eigenvalue weighted by molar-refractivity contribution is 1.68. The molecule has 31 heavy (non-hydrogen) atoms. The Hall–Kier alpha value is -3.84. The maximum Gasteiger partial charge on any atom is 0.113 e.